The number of halogens is 3. The second-order valence-electron chi connectivity index (χ2n) is 6.77. The van der Waals surface area contributed by atoms with Crippen molar-refractivity contribution in [2.75, 3.05) is 6.61 Å². The molecule has 27 heavy (non-hydrogen) atoms. The molecule has 3 nitrogen and oxygen atoms in total. The predicted molar refractivity (Wildman–Crippen MR) is 96.5 cm³/mol. The molecule has 3 atom stereocenters. The summed E-state index contributed by atoms with van der Waals surface area (Å²) in [7, 11) is 0. The molecule has 2 aromatic carbocycles. The van der Waals surface area contributed by atoms with E-state index in [1.165, 1.54) is 12.1 Å². The van der Waals surface area contributed by atoms with Gasteiger partial charge in [-0.3, -0.25) is 4.79 Å². The van der Waals surface area contributed by atoms with E-state index in [4.69, 9.17) is 4.74 Å². The Balaban J connectivity index is 1.64. The van der Waals surface area contributed by atoms with Crippen molar-refractivity contribution in [2.45, 2.75) is 38.4 Å². The van der Waals surface area contributed by atoms with Crippen LogP contribution in [0.4, 0.5) is 13.2 Å². The zero-order valence-electron chi connectivity index (χ0n) is 15.2. The van der Waals surface area contributed by atoms with Gasteiger partial charge >= 0.3 is 6.18 Å². The fourth-order valence-electron chi connectivity index (χ4n) is 3.33. The number of hydrogen-bond acceptors (Lipinski definition) is 2. The van der Waals surface area contributed by atoms with E-state index in [9.17, 15) is 18.0 Å². The van der Waals surface area contributed by atoms with Gasteiger partial charge in [-0.15, -0.1) is 0 Å². The number of benzene rings is 2. The van der Waals surface area contributed by atoms with Gasteiger partial charge in [0.15, 0.2) is 0 Å². The minimum absolute atomic E-state index is 0.207. The monoisotopic (exact) mass is 377 g/mol. The van der Waals surface area contributed by atoms with Crippen LogP contribution in [0.25, 0.3) is 0 Å². The number of rotatable bonds is 6. The maximum atomic E-state index is 13.2. The SMILES string of the molecule is CCOc1ccc(C(C)NC(=O)C2CC2c2ccccc2C(F)(F)F)cc1. The van der Waals surface area contributed by atoms with Crippen molar-refractivity contribution in [2.24, 2.45) is 5.92 Å². The van der Waals surface area contributed by atoms with E-state index in [-0.39, 0.29) is 23.4 Å². The molecule has 6 heteroatoms. The molecule has 2 aromatic rings. The molecular weight excluding hydrogens is 355 g/mol. The topological polar surface area (TPSA) is 38.3 Å². The minimum atomic E-state index is -4.41. The molecule has 0 spiro atoms. The van der Waals surface area contributed by atoms with Crippen LogP contribution in [0.5, 0.6) is 5.75 Å². The standard InChI is InChI=1S/C21H22F3NO2/c1-3-27-15-10-8-14(9-11-15)13(2)25-20(26)18-12-17(18)16-6-4-5-7-19(16)21(22,23)24/h4-11,13,17-18H,3,12H2,1-2H3,(H,25,26). The highest BCUT2D eigenvalue weighted by Gasteiger charge is 2.47. The Kier molecular flexibility index (Phi) is 5.44. The molecule has 1 amide bonds. The first-order valence-corrected chi connectivity index (χ1v) is 9.00. The first kappa shape index (κ1) is 19.3. The first-order valence-electron chi connectivity index (χ1n) is 9.00. The number of amides is 1. The average Bonchev–Trinajstić information content (AvgIpc) is 3.42. The normalized spacial score (nSPS) is 20.0. The van der Waals surface area contributed by atoms with Crippen LogP contribution in [0.1, 0.15) is 48.9 Å². The fourth-order valence-corrected chi connectivity index (χ4v) is 3.33. The molecule has 0 bridgehead atoms. The first-order chi connectivity index (χ1) is 12.8. The van der Waals surface area contributed by atoms with E-state index < -0.39 is 17.7 Å². The molecule has 3 rings (SSSR count). The molecule has 0 heterocycles. The number of nitrogens with one attached hydrogen (secondary N) is 1. The Morgan fingerprint density at radius 1 is 1.19 bits per heavy atom. The van der Waals surface area contributed by atoms with Crippen LogP contribution >= 0.6 is 0 Å². The van der Waals surface area contributed by atoms with Crippen LogP contribution < -0.4 is 10.1 Å². The molecule has 0 saturated heterocycles. The molecule has 1 fully saturated rings. The van der Waals surface area contributed by atoms with Gasteiger partial charge in [0.1, 0.15) is 5.75 Å². The van der Waals surface area contributed by atoms with Gasteiger partial charge < -0.3 is 10.1 Å². The summed E-state index contributed by atoms with van der Waals surface area (Å²) in [6, 6.07) is 12.7. The molecule has 1 N–H and O–H groups in total. The lowest BCUT2D eigenvalue weighted by Gasteiger charge is -2.16. The van der Waals surface area contributed by atoms with Gasteiger partial charge in [-0.1, -0.05) is 30.3 Å². The van der Waals surface area contributed by atoms with Crippen molar-refractivity contribution in [3.05, 3.63) is 65.2 Å². The Labute approximate surface area is 156 Å². The fraction of sp³-hybridized carbons (Fsp3) is 0.381. The number of ether oxygens (including phenoxy) is 1. The molecule has 1 aliphatic carbocycles. The van der Waals surface area contributed by atoms with Crippen LogP contribution in [0.15, 0.2) is 48.5 Å². The smallest absolute Gasteiger partial charge is 0.416 e. The quantitative estimate of drug-likeness (QED) is 0.762. The molecule has 0 aromatic heterocycles. The number of hydrogen-bond donors (Lipinski definition) is 1. The molecule has 1 aliphatic rings. The highest BCUT2D eigenvalue weighted by atomic mass is 19.4. The number of carbonyl (C=O) groups is 1. The third kappa shape index (κ3) is 4.43. The van der Waals surface area contributed by atoms with Gasteiger partial charge in [-0.05, 0) is 55.5 Å². The largest absolute Gasteiger partial charge is 0.494 e. The van der Waals surface area contributed by atoms with Crippen LogP contribution in [0.2, 0.25) is 0 Å². The van der Waals surface area contributed by atoms with Gasteiger partial charge in [0.05, 0.1) is 18.2 Å². The second-order valence-corrected chi connectivity index (χ2v) is 6.77. The maximum Gasteiger partial charge on any atom is 0.416 e. The Hall–Kier alpha value is -2.50. The van der Waals surface area contributed by atoms with Crippen LogP contribution in [-0.4, -0.2) is 12.5 Å². The van der Waals surface area contributed by atoms with Crippen molar-refractivity contribution >= 4 is 5.91 Å². The highest BCUT2D eigenvalue weighted by Crippen LogP contribution is 2.51. The molecular formula is C21H22F3NO2. The van der Waals surface area contributed by atoms with Crippen molar-refractivity contribution in [3.63, 3.8) is 0 Å². The molecule has 3 unspecified atom stereocenters. The minimum Gasteiger partial charge on any atom is -0.494 e. The third-order valence-corrected chi connectivity index (χ3v) is 4.84. The predicted octanol–water partition coefficient (Wildman–Crippen LogP) is 5.09. The summed E-state index contributed by atoms with van der Waals surface area (Å²) in [6.45, 7) is 4.34. The average molecular weight is 377 g/mol. The van der Waals surface area contributed by atoms with E-state index in [1.807, 2.05) is 38.1 Å². The van der Waals surface area contributed by atoms with E-state index in [2.05, 4.69) is 5.32 Å². The van der Waals surface area contributed by atoms with Crippen LogP contribution in [0.3, 0.4) is 0 Å². The summed E-state index contributed by atoms with van der Waals surface area (Å²) < 4.78 is 44.9. The molecule has 144 valence electrons. The lowest BCUT2D eigenvalue weighted by atomic mass is 10.0. The summed E-state index contributed by atoms with van der Waals surface area (Å²) in [6.07, 6.45) is -3.97. The molecule has 0 aliphatic heterocycles. The van der Waals surface area contributed by atoms with Crippen LogP contribution in [0, 0.1) is 5.92 Å². The zero-order chi connectivity index (χ0) is 19.6. The number of alkyl halides is 3. The lowest BCUT2D eigenvalue weighted by Crippen LogP contribution is -2.28. The van der Waals surface area contributed by atoms with Gasteiger partial charge in [0.2, 0.25) is 5.91 Å². The third-order valence-electron chi connectivity index (χ3n) is 4.84. The van der Waals surface area contributed by atoms with E-state index in [0.717, 1.165) is 17.4 Å². The van der Waals surface area contributed by atoms with E-state index in [0.29, 0.717) is 13.0 Å². The van der Waals surface area contributed by atoms with E-state index >= 15 is 0 Å². The number of carbonyl (C=O) groups excluding carboxylic acids is 1. The van der Waals surface area contributed by atoms with Gasteiger partial charge in [0, 0.05) is 5.92 Å². The lowest BCUT2D eigenvalue weighted by molar-refractivity contribution is -0.138. The van der Waals surface area contributed by atoms with Crippen molar-refractivity contribution in [1.29, 1.82) is 0 Å². The highest BCUT2D eigenvalue weighted by molar-refractivity contribution is 5.83. The Bertz CT molecular complexity index is 802. The zero-order valence-corrected chi connectivity index (χ0v) is 15.2. The summed E-state index contributed by atoms with van der Waals surface area (Å²) in [5.74, 6) is -0.252. The van der Waals surface area contributed by atoms with E-state index in [1.54, 1.807) is 6.07 Å². The summed E-state index contributed by atoms with van der Waals surface area (Å²) in [4.78, 5) is 12.5. The van der Waals surface area contributed by atoms with Crippen molar-refractivity contribution in [3.8, 4) is 5.75 Å². The summed E-state index contributed by atoms with van der Waals surface area (Å²) >= 11 is 0. The van der Waals surface area contributed by atoms with Crippen molar-refractivity contribution in [1.82, 2.24) is 5.32 Å². The molecule has 0 radical (unpaired) electrons. The molecule has 1 saturated carbocycles. The van der Waals surface area contributed by atoms with Gasteiger partial charge in [0.25, 0.3) is 0 Å². The van der Waals surface area contributed by atoms with Crippen LogP contribution in [-0.2, 0) is 11.0 Å². The summed E-state index contributed by atoms with van der Waals surface area (Å²) in [5.41, 5.74) is 0.475. The Morgan fingerprint density at radius 2 is 1.85 bits per heavy atom. The maximum absolute atomic E-state index is 13.2. The second kappa shape index (κ2) is 7.62. The Morgan fingerprint density at radius 3 is 2.48 bits per heavy atom. The van der Waals surface area contributed by atoms with Gasteiger partial charge in [-0.25, -0.2) is 0 Å². The van der Waals surface area contributed by atoms with Gasteiger partial charge in [-0.2, -0.15) is 13.2 Å². The van der Waals surface area contributed by atoms with Crippen molar-refractivity contribution < 1.29 is 22.7 Å². The summed E-state index contributed by atoms with van der Waals surface area (Å²) in [5, 5.41) is 2.91.